The first kappa shape index (κ1) is 18.9. The first-order valence-corrected chi connectivity index (χ1v) is 7.98. The van der Waals surface area contributed by atoms with Crippen molar-refractivity contribution < 1.29 is 19.1 Å². The summed E-state index contributed by atoms with van der Waals surface area (Å²) in [6.07, 6.45) is 1.41. The van der Waals surface area contributed by atoms with Gasteiger partial charge in [0, 0.05) is 5.56 Å². The van der Waals surface area contributed by atoms with Crippen LogP contribution < -0.4 is 4.74 Å². The van der Waals surface area contributed by atoms with Gasteiger partial charge in [0.05, 0.1) is 7.11 Å². The second-order valence-corrected chi connectivity index (χ2v) is 5.76. The normalized spacial score (nSPS) is 10.8. The number of esters is 1. The van der Waals surface area contributed by atoms with Crippen LogP contribution in [0.2, 0.25) is 0 Å². The number of carbonyl (C=O) groups excluding carboxylic acids is 2. The second kappa shape index (κ2) is 8.63. The molecule has 2 aromatic carbocycles. The monoisotopic (exact) mass is 349 g/mol. The van der Waals surface area contributed by atoms with E-state index in [1.165, 1.54) is 6.08 Å². The molecule has 0 aliphatic carbocycles. The maximum Gasteiger partial charge on any atom is 0.349 e. The Balaban J connectivity index is 2.05. The Bertz CT molecular complexity index is 889. The molecule has 0 saturated heterocycles. The molecule has 0 aromatic heterocycles. The zero-order valence-corrected chi connectivity index (χ0v) is 14.9. The summed E-state index contributed by atoms with van der Waals surface area (Å²) in [5, 5.41) is 9.19. The van der Waals surface area contributed by atoms with Gasteiger partial charge in [0.2, 0.25) is 5.78 Å². The molecule has 0 atom stereocenters. The third-order valence-corrected chi connectivity index (χ3v) is 3.78. The van der Waals surface area contributed by atoms with E-state index in [0.29, 0.717) is 16.9 Å². The van der Waals surface area contributed by atoms with Gasteiger partial charge in [-0.2, -0.15) is 5.26 Å². The van der Waals surface area contributed by atoms with Crippen LogP contribution in [0.1, 0.15) is 27.0 Å². The summed E-state index contributed by atoms with van der Waals surface area (Å²) in [4.78, 5) is 24.3. The van der Waals surface area contributed by atoms with Crippen molar-refractivity contribution in [1.82, 2.24) is 0 Å². The van der Waals surface area contributed by atoms with Crippen molar-refractivity contribution in [3.8, 4) is 11.8 Å². The molecule has 2 rings (SSSR count). The Morgan fingerprint density at radius 1 is 1.12 bits per heavy atom. The summed E-state index contributed by atoms with van der Waals surface area (Å²) in [5.41, 5.74) is 2.84. The third-order valence-electron chi connectivity index (χ3n) is 3.78. The van der Waals surface area contributed by atoms with Crippen LogP contribution in [0.15, 0.2) is 48.0 Å². The molecule has 132 valence electrons. The third kappa shape index (κ3) is 4.81. The smallest absolute Gasteiger partial charge is 0.349 e. The highest BCUT2D eigenvalue weighted by Crippen LogP contribution is 2.15. The van der Waals surface area contributed by atoms with E-state index in [9.17, 15) is 14.9 Å². The number of hydrogen-bond acceptors (Lipinski definition) is 5. The van der Waals surface area contributed by atoms with Crippen LogP contribution in [0.5, 0.6) is 5.75 Å². The summed E-state index contributed by atoms with van der Waals surface area (Å²) in [6.45, 7) is 3.35. The molecule has 0 amide bonds. The topological polar surface area (TPSA) is 76.4 Å². The molecule has 0 unspecified atom stereocenters. The number of benzene rings is 2. The van der Waals surface area contributed by atoms with Crippen molar-refractivity contribution in [3.63, 3.8) is 0 Å². The molecule has 0 aliphatic heterocycles. The van der Waals surface area contributed by atoms with Crippen LogP contribution in [0, 0.1) is 25.2 Å². The zero-order chi connectivity index (χ0) is 19.1. The van der Waals surface area contributed by atoms with Crippen LogP contribution >= 0.6 is 0 Å². The van der Waals surface area contributed by atoms with Gasteiger partial charge in [-0.3, -0.25) is 4.79 Å². The summed E-state index contributed by atoms with van der Waals surface area (Å²) < 4.78 is 10.1. The molecule has 0 N–H and O–H groups in total. The summed E-state index contributed by atoms with van der Waals surface area (Å²) in [7, 11) is 1.55. The summed E-state index contributed by atoms with van der Waals surface area (Å²) >= 11 is 0. The van der Waals surface area contributed by atoms with E-state index in [0.717, 1.165) is 11.1 Å². The largest absolute Gasteiger partial charge is 0.497 e. The lowest BCUT2D eigenvalue weighted by Crippen LogP contribution is -2.16. The van der Waals surface area contributed by atoms with E-state index in [2.05, 4.69) is 0 Å². The van der Waals surface area contributed by atoms with E-state index >= 15 is 0 Å². The van der Waals surface area contributed by atoms with E-state index in [4.69, 9.17) is 9.47 Å². The molecule has 0 fully saturated rings. The molecular formula is C21H19NO4. The second-order valence-electron chi connectivity index (χ2n) is 5.76. The van der Waals surface area contributed by atoms with Gasteiger partial charge in [0.15, 0.2) is 6.61 Å². The quantitative estimate of drug-likeness (QED) is 0.344. The van der Waals surface area contributed by atoms with Gasteiger partial charge in [-0.1, -0.05) is 35.9 Å². The minimum absolute atomic E-state index is 0.177. The predicted molar refractivity (Wildman–Crippen MR) is 97.8 cm³/mol. The number of rotatable bonds is 6. The molecule has 0 saturated carbocycles. The standard InChI is InChI=1S/C21H19NO4/c1-14-4-9-19(15(2)10-14)20(23)13-26-21(24)17(12-22)11-16-5-7-18(25-3)8-6-16/h4-11H,13H2,1-3H3/b17-11+. The van der Waals surface area contributed by atoms with Gasteiger partial charge in [-0.15, -0.1) is 0 Å². The van der Waals surface area contributed by atoms with Crippen LogP contribution in [0.25, 0.3) is 6.08 Å². The zero-order valence-electron chi connectivity index (χ0n) is 14.9. The molecule has 0 spiro atoms. The van der Waals surface area contributed by atoms with E-state index in [1.54, 1.807) is 43.5 Å². The number of methoxy groups -OCH3 is 1. The van der Waals surface area contributed by atoms with E-state index in [-0.39, 0.29) is 11.4 Å². The predicted octanol–water partition coefficient (Wildman–Crippen LogP) is 3.65. The highest BCUT2D eigenvalue weighted by molar-refractivity contribution is 6.02. The van der Waals surface area contributed by atoms with E-state index in [1.807, 2.05) is 26.0 Å². The number of carbonyl (C=O) groups is 2. The van der Waals surface area contributed by atoms with Crippen molar-refractivity contribution >= 4 is 17.8 Å². The Kier molecular flexibility index (Phi) is 6.29. The highest BCUT2D eigenvalue weighted by Gasteiger charge is 2.15. The maximum absolute atomic E-state index is 12.2. The Morgan fingerprint density at radius 2 is 1.81 bits per heavy atom. The van der Waals surface area contributed by atoms with Crippen LogP contribution in [-0.4, -0.2) is 25.5 Å². The Labute approximate surface area is 152 Å². The minimum atomic E-state index is -0.832. The van der Waals surface area contributed by atoms with Crippen molar-refractivity contribution in [2.24, 2.45) is 0 Å². The highest BCUT2D eigenvalue weighted by atomic mass is 16.5. The van der Waals surface area contributed by atoms with Crippen molar-refractivity contribution in [2.45, 2.75) is 13.8 Å². The fraction of sp³-hybridized carbons (Fsp3) is 0.190. The van der Waals surface area contributed by atoms with Crippen LogP contribution in [0.4, 0.5) is 0 Å². The first-order valence-electron chi connectivity index (χ1n) is 7.98. The van der Waals surface area contributed by atoms with Gasteiger partial charge < -0.3 is 9.47 Å². The Hall–Kier alpha value is -3.39. The van der Waals surface area contributed by atoms with E-state index < -0.39 is 12.6 Å². The fourth-order valence-corrected chi connectivity index (χ4v) is 2.42. The number of nitrogens with zero attached hydrogens (tertiary/aromatic N) is 1. The van der Waals surface area contributed by atoms with Crippen molar-refractivity contribution in [1.29, 1.82) is 5.26 Å². The maximum atomic E-state index is 12.2. The lowest BCUT2D eigenvalue weighted by Gasteiger charge is -2.07. The van der Waals surface area contributed by atoms with Crippen LogP contribution in [-0.2, 0) is 9.53 Å². The molecular weight excluding hydrogens is 330 g/mol. The fourth-order valence-electron chi connectivity index (χ4n) is 2.42. The average Bonchev–Trinajstić information content (AvgIpc) is 2.64. The molecule has 0 aliphatic rings. The molecule has 0 radical (unpaired) electrons. The minimum Gasteiger partial charge on any atom is -0.497 e. The van der Waals surface area contributed by atoms with Gasteiger partial charge in [-0.05, 0) is 43.2 Å². The lowest BCUT2D eigenvalue weighted by molar-refractivity contribution is -0.137. The van der Waals surface area contributed by atoms with Crippen LogP contribution in [0.3, 0.4) is 0 Å². The Morgan fingerprint density at radius 3 is 2.38 bits per heavy atom. The number of nitriles is 1. The average molecular weight is 349 g/mol. The molecule has 2 aromatic rings. The lowest BCUT2D eigenvalue weighted by atomic mass is 10.0. The number of aryl methyl sites for hydroxylation is 2. The number of Topliss-reactive ketones (excluding diaryl/α,β-unsaturated/α-hetero) is 1. The number of hydrogen-bond donors (Lipinski definition) is 0. The van der Waals surface area contributed by atoms with Gasteiger partial charge in [0.1, 0.15) is 17.4 Å². The molecule has 26 heavy (non-hydrogen) atoms. The van der Waals surface area contributed by atoms with Gasteiger partial charge in [-0.25, -0.2) is 4.79 Å². The molecule has 0 bridgehead atoms. The first-order chi connectivity index (χ1) is 12.4. The molecule has 5 nitrogen and oxygen atoms in total. The van der Waals surface area contributed by atoms with Gasteiger partial charge >= 0.3 is 5.97 Å². The summed E-state index contributed by atoms with van der Waals surface area (Å²) in [6, 6.07) is 14.1. The molecule has 5 heteroatoms. The number of ether oxygens (including phenoxy) is 2. The van der Waals surface area contributed by atoms with Crippen molar-refractivity contribution in [2.75, 3.05) is 13.7 Å². The molecule has 0 heterocycles. The van der Waals surface area contributed by atoms with Crippen molar-refractivity contribution in [3.05, 3.63) is 70.3 Å². The summed E-state index contributed by atoms with van der Waals surface area (Å²) in [5.74, 6) is -0.471. The SMILES string of the molecule is COc1ccc(/C=C(\C#N)C(=O)OCC(=O)c2ccc(C)cc2C)cc1. The van der Waals surface area contributed by atoms with Gasteiger partial charge in [0.25, 0.3) is 0 Å². The number of ketones is 1.